The van der Waals surface area contributed by atoms with Gasteiger partial charge in [0.1, 0.15) is 0 Å². The second-order valence-electron chi connectivity index (χ2n) is 6.14. The van der Waals surface area contributed by atoms with Gasteiger partial charge in [-0.1, -0.05) is 19.8 Å². The van der Waals surface area contributed by atoms with E-state index in [0.29, 0.717) is 12.0 Å². The van der Waals surface area contributed by atoms with Gasteiger partial charge in [-0.15, -0.1) is 0 Å². The maximum absolute atomic E-state index is 12.0. The molecule has 1 saturated carbocycles. The van der Waals surface area contributed by atoms with E-state index in [0.717, 1.165) is 25.6 Å². The molecular formula is C14H27N3O. The van der Waals surface area contributed by atoms with Gasteiger partial charge < -0.3 is 16.0 Å². The van der Waals surface area contributed by atoms with E-state index in [1.165, 1.54) is 25.7 Å². The van der Waals surface area contributed by atoms with Crippen LogP contribution in [0.1, 0.15) is 39.5 Å². The lowest BCUT2D eigenvalue weighted by molar-refractivity contribution is -0.123. The highest BCUT2D eigenvalue weighted by Gasteiger charge is 2.24. The van der Waals surface area contributed by atoms with Crippen LogP contribution in [0.2, 0.25) is 0 Å². The zero-order chi connectivity index (χ0) is 13.0. The number of carbonyl (C=O) groups is 1. The SMILES string of the molecule is CC1CCC(CNC(=O)C2CNC(C)CN2)CC1. The summed E-state index contributed by atoms with van der Waals surface area (Å²) in [6.45, 7) is 6.94. The molecule has 0 aromatic rings. The van der Waals surface area contributed by atoms with Gasteiger partial charge >= 0.3 is 0 Å². The van der Waals surface area contributed by atoms with E-state index in [4.69, 9.17) is 0 Å². The molecular weight excluding hydrogens is 226 g/mol. The maximum Gasteiger partial charge on any atom is 0.238 e. The van der Waals surface area contributed by atoms with Gasteiger partial charge in [0.15, 0.2) is 0 Å². The molecule has 0 bridgehead atoms. The van der Waals surface area contributed by atoms with Crippen LogP contribution >= 0.6 is 0 Å². The van der Waals surface area contributed by atoms with Gasteiger partial charge in [-0.25, -0.2) is 0 Å². The second-order valence-corrected chi connectivity index (χ2v) is 6.14. The summed E-state index contributed by atoms with van der Waals surface area (Å²) in [5.74, 6) is 1.73. The van der Waals surface area contributed by atoms with Crippen LogP contribution in [0, 0.1) is 11.8 Å². The monoisotopic (exact) mass is 253 g/mol. The third kappa shape index (κ3) is 3.95. The second kappa shape index (κ2) is 6.53. The van der Waals surface area contributed by atoms with Gasteiger partial charge in [0.25, 0.3) is 0 Å². The lowest BCUT2D eigenvalue weighted by atomic mass is 9.83. The third-order valence-corrected chi connectivity index (χ3v) is 4.36. The van der Waals surface area contributed by atoms with Gasteiger partial charge in [0.2, 0.25) is 5.91 Å². The molecule has 0 radical (unpaired) electrons. The van der Waals surface area contributed by atoms with Crippen molar-refractivity contribution in [1.29, 1.82) is 0 Å². The predicted octanol–water partition coefficient (Wildman–Crippen LogP) is 0.879. The van der Waals surface area contributed by atoms with Gasteiger partial charge in [-0.05, 0) is 31.6 Å². The lowest BCUT2D eigenvalue weighted by Gasteiger charge is -2.30. The van der Waals surface area contributed by atoms with E-state index in [9.17, 15) is 4.79 Å². The van der Waals surface area contributed by atoms with Gasteiger partial charge in [0, 0.05) is 25.7 Å². The summed E-state index contributed by atoms with van der Waals surface area (Å²) in [4.78, 5) is 12.0. The van der Waals surface area contributed by atoms with Gasteiger partial charge in [-0.2, -0.15) is 0 Å². The molecule has 0 aromatic carbocycles. The number of rotatable bonds is 3. The molecule has 18 heavy (non-hydrogen) atoms. The smallest absolute Gasteiger partial charge is 0.238 e. The standard InChI is InChI=1S/C14H27N3O/c1-10-3-5-12(6-4-10)8-17-14(18)13-9-15-11(2)7-16-13/h10-13,15-16H,3-9H2,1-2H3,(H,17,18). The Labute approximate surface area is 110 Å². The molecule has 0 aromatic heterocycles. The first-order chi connectivity index (χ1) is 8.65. The largest absolute Gasteiger partial charge is 0.354 e. The summed E-state index contributed by atoms with van der Waals surface area (Å²) in [6.07, 6.45) is 5.19. The molecule has 1 amide bonds. The fourth-order valence-corrected chi connectivity index (χ4v) is 2.87. The fraction of sp³-hybridized carbons (Fsp3) is 0.929. The summed E-state index contributed by atoms with van der Waals surface area (Å²) in [7, 11) is 0. The Kier molecular flexibility index (Phi) is 5.01. The van der Waals surface area contributed by atoms with Crippen LogP contribution < -0.4 is 16.0 Å². The minimum atomic E-state index is -0.0521. The highest BCUT2D eigenvalue weighted by atomic mass is 16.2. The Morgan fingerprint density at radius 2 is 1.83 bits per heavy atom. The quantitative estimate of drug-likeness (QED) is 0.700. The third-order valence-electron chi connectivity index (χ3n) is 4.36. The Morgan fingerprint density at radius 3 is 2.44 bits per heavy atom. The molecule has 1 saturated heterocycles. The van der Waals surface area contributed by atoms with E-state index in [1.807, 2.05) is 0 Å². The Bertz CT molecular complexity index is 266. The summed E-state index contributed by atoms with van der Waals surface area (Å²) in [5, 5.41) is 9.73. The molecule has 4 nitrogen and oxygen atoms in total. The van der Waals surface area contributed by atoms with E-state index in [1.54, 1.807) is 0 Å². The van der Waals surface area contributed by atoms with Crippen LogP contribution in [0.4, 0.5) is 0 Å². The summed E-state index contributed by atoms with van der Waals surface area (Å²) < 4.78 is 0. The van der Waals surface area contributed by atoms with Crippen LogP contribution in [-0.2, 0) is 4.79 Å². The number of carbonyl (C=O) groups excluding carboxylic acids is 1. The Hall–Kier alpha value is -0.610. The van der Waals surface area contributed by atoms with Crippen molar-refractivity contribution in [2.45, 2.75) is 51.6 Å². The molecule has 3 N–H and O–H groups in total. The minimum Gasteiger partial charge on any atom is -0.354 e. The summed E-state index contributed by atoms with van der Waals surface area (Å²) in [5.41, 5.74) is 0. The van der Waals surface area contributed by atoms with Crippen molar-refractivity contribution in [1.82, 2.24) is 16.0 Å². The van der Waals surface area contributed by atoms with E-state index < -0.39 is 0 Å². The maximum atomic E-state index is 12.0. The Morgan fingerprint density at radius 1 is 1.11 bits per heavy atom. The lowest BCUT2D eigenvalue weighted by Crippen LogP contribution is -2.59. The molecule has 2 atom stereocenters. The first-order valence-electron chi connectivity index (χ1n) is 7.39. The van der Waals surface area contributed by atoms with Crippen LogP contribution in [0.5, 0.6) is 0 Å². The van der Waals surface area contributed by atoms with Crippen molar-refractivity contribution in [3.8, 4) is 0 Å². The normalized spacial score (nSPS) is 37.2. The van der Waals surface area contributed by atoms with E-state index in [2.05, 4.69) is 29.8 Å². The predicted molar refractivity (Wildman–Crippen MR) is 73.4 cm³/mol. The molecule has 104 valence electrons. The van der Waals surface area contributed by atoms with E-state index in [-0.39, 0.29) is 11.9 Å². The molecule has 1 aliphatic heterocycles. The number of amides is 1. The number of hydrogen-bond donors (Lipinski definition) is 3. The fourth-order valence-electron chi connectivity index (χ4n) is 2.87. The molecule has 4 heteroatoms. The average Bonchev–Trinajstić information content (AvgIpc) is 2.38. The molecule has 2 fully saturated rings. The summed E-state index contributed by atoms with van der Waals surface area (Å²) in [6, 6.07) is 0.414. The zero-order valence-corrected chi connectivity index (χ0v) is 11.7. The Balaban J connectivity index is 1.65. The number of hydrogen-bond acceptors (Lipinski definition) is 3. The van der Waals surface area contributed by atoms with Crippen molar-refractivity contribution in [2.24, 2.45) is 11.8 Å². The van der Waals surface area contributed by atoms with Crippen LogP contribution in [0.3, 0.4) is 0 Å². The molecule has 1 aliphatic carbocycles. The average molecular weight is 253 g/mol. The highest BCUT2D eigenvalue weighted by Crippen LogP contribution is 2.27. The molecule has 1 heterocycles. The molecule has 2 unspecified atom stereocenters. The molecule has 2 aliphatic rings. The van der Waals surface area contributed by atoms with Crippen LogP contribution in [-0.4, -0.2) is 37.6 Å². The van der Waals surface area contributed by atoms with E-state index >= 15 is 0 Å². The van der Waals surface area contributed by atoms with Crippen molar-refractivity contribution in [3.63, 3.8) is 0 Å². The molecule has 2 rings (SSSR count). The van der Waals surface area contributed by atoms with Gasteiger partial charge in [0.05, 0.1) is 6.04 Å². The van der Waals surface area contributed by atoms with Crippen molar-refractivity contribution < 1.29 is 4.79 Å². The highest BCUT2D eigenvalue weighted by molar-refractivity contribution is 5.82. The zero-order valence-electron chi connectivity index (χ0n) is 11.7. The van der Waals surface area contributed by atoms with Crippen LogP contribution in [0.15, 0.2) is 0 Å². The first-order valence-corrected chi connectivity index (χ1v) is 7.39. The van der Waals surface area contributed by atoms with Crippen molar-refractivity contribution in [3.05, 3.63) is 0 Å². The van der Waals surface area contributed by atoms with Crippen molar-refractivity contribution >= 4 is 5.91 Å². The number of piperazine rings is 1. The van der Waals surface area contributed by atoms with Crippen LogP contribution in [0.25, 0.3) is 0 Å². The topological polar surface area (TPSA) is 53.2 Å². The van der Waals surface area contributed by atoms with Crippen molar-refractivity contribution in [2.75, 3.05) is 19.6 Å². The van der Waals surface area contributed by atoms with Gasteiger partial charge in [-0.3, -0.25) is 4.79 Å². The molecule has 0 spiro atoms. The minimum absolute atomic E-state index is 0.0521. The number of nitrogens with one attached hydrogen (secondary N) is 3. The first kappa shape index (κ1) is 13.8. The summed E-state index contributed by atoms with van der Waals surface area (Å²) >= 11 is 0.